The van der Waals surface area contributed by atoms with E-state index >= 15 is 0 Å². The molecule has 98 valence electrons. The predicted octanol–water partition coefficient (Wildman–Crippen LogP) is 1.52. The van der Waals surface area contributed by atoms with Crippen LogP contribution in [0, 0.1) is 0 Å². The molecule has 0 radical (unpaired) electrons. The molecule has 0 unspecified atom stereocenters. The lowest BCUT2D eigenvalue weighted by Gasteiger charge is -2.19. The van der Waals surface area contributed by atoms with Crippen molar-refractivity contribution in [2.24, 2.45) is 0 Å². The molecule has 0 aromatic carbocycles. The SMILES string of the molecule is CO/C(=C\C(=O)O)CCNC(=O)OC(C)(C)C. The molecule has 1 amide bonds. The summed E-state index contributed by atoms with van der Waals surface area (Å²) in [6.07, 6.45) is 0.710. The first-order valence-corrected chi connectivity index (χ1v) is 5.19. The largest absolute Gasteiger partial charge is 0.501 e. The number of amides is 1. The van der Waals surface area contributed by atoms with Crippen molar-refractivity contribution in [2.75, 3.05) is 13.7 Å². The first kappa shape index (κ1) is 15.3. The summed E-state index contributed by atoms with van der Waals surface area (Å²) in [5.41, 5.74) is -0.551. The first-order valence-electron chi connectivity index (χ1n) is 5.19. The summed E-state index contributed by atoms with van der Waals surface area (Å²) in [7, 11) is 1.38. The number of ether oxygens (including phenoxy) is 2. The maximum absolute atomic E-state index is 11.2. The zero-order valence-corrected chi connectivity index (χ0v) is 10.6. The number of hydrogen-bond donors (Lipinski definition) is 2. The van der Waals surface area contributed by atoms with Gasteiger partial charge in [0.15, 0.2) is 0 Å². The van der Waals surface area contributed by atoms with Crippen LogP contribution in [-0.2, 0) is 14.3 Å². The standard InChI is InChI=1S/C11H19NO5/c1-11(2,3)17-10(15)12-6-5-8(16-4)7-9(13)14/h7H,5-6H2,1-4H3,(H,12,15)(H,13,14)/b8-7-. The third-order valence-electron chi connectivity index (χ3n) is 1.59. The third-order valence-corrected chi connectivity index (χ3v) is 1.59. The van der Waals surface area contributed by atoms with Crippen molar-refractivity contribution in [1.82, 2.24) is 5.32 Å². The van der Waals surface area contributed by atoms with Crippen LogP contribution in [-0.4, -0.2) is 36.4 Å². The summed E-state index contributed by atoms with van der Waals surface area (Å²) in [6, 6.07) is 0. The molecule has 0 saturated carbocycles. The van der Waals surface area contributed by atoms with Crippen LogP contribution in [0.15, 0.2) is 11.8 Å². The number of rotatable bonds is 5. The Kier molecular flexibility index (Phi) is 6.09. The Labute approximate surface area is 101 Å². The smallest absolute Gasteiger partial charge is 0.407 e. The summed E-state index contributed by atoms with van der Waals surface area (Å²) in [6.45, 7) is 5.54. The van der Waals surface area contributed by atoms with Crippen LogP contribution in [0.3, 0.4) is 0 Å². The third kappa shape index (κ3) is 9.22. The van der Waals surface area contributed by atoms with Gasteiger partial charge >= 0.3 is 12.1 Å². The van der Waals surface area contributed by atoms with Crippen LogP contribution >= 0.6 is 0 Å². The Bertz CT molecular complexity index is 303. The van der Waals surface area contributed by atoms with E-state index in [9.17, 15) is 9.59 Å². The minimum absolute atomic E-state index is 0.252. The van der Waals surface area contributed by atoms with E-state index in [4.69, 9.17) is 14.6 Å². The van der Waals surface area contributed by atoms with E-state index in [1.54, 1.807) is 20.8 Å². The fourth-order valence-corrected chi connectivity index (χ4v) is 0.973. The molecular formula is C11H19NO5. The van der Waals surface area contributed by atoms with E-state index in [1.165, 1.54) is 7.11 Å². The fraction of sp³-hybridized carbons (Fsp3) is 0.636. The Balaban J connectivity index is 3.98. The molecule has 0 atom stereocenters. The average Bonchev–Trinajstić information content (AvgIpc) is 2.12. The van der Waals surface area contributed by atoms with E-state index < -0.39 is 17.7 Å². The second kappa shape index (κ2) is 6.78. The second-order valence-electron chi connectivity index (χ2n) is 4.33. The normalized spacial score (nSPS) is 11.9. The first-order chi connectivity index (χ1) is 7.74. The highest BCUT2D eigenvalue weighted by atomic mass is 16.6. The monoisotopic (exact) mass is 245 g/mol. The quantitative estimate of drug-likeness (QED) is 0.566. The van der Waals surface area contributed by atoms with Gasteiger partial charge < -0.3 is 19.9 Å². The molecule has 0 aromatic rings. The van der Waals surface area contributed by atoms with Gasteiger partial charge in [-0.25, -0.2) is 9.59 Å². The maximum atomic E-state index is 11.2. The zero-order valence-electron chi connectivity index (χ0n) is 10.6. The van der Waals surface area contributed by atoms with E-state index in [-0.39, 0.29) is 12.3 Å². The number of aliphatic carboxylic acids is 1. The summed E-state index contributed by atoms with van der Waals surface area (Å²) in [5.74, 6) is -0.798. The van der Waals surface area contributed by atoms with Crippen molar-refractivity contribution >= 4 is 12.1 Å². The van der Waals surface area contributed by atoms with E-state index in [1.807, 2.05) is 0 Å². The Morgan fingerprint density at radius 2 is 1.94 bits per heavy atom. The summed E-state index contributed by atoms with van der Waals surface area (Å²) in [4.78, 5) is 21.6. The van der Waals surface area contributed by atoms with Crippen molar-refractivity contribution in [1.29, 1.82) is 0 Å². The number of nitrogens with one attached hydrogen (secondary N) is 1. The number of carbonyl (C=O) groups is 2. The lowest BCUT2D eigenvalue weighted by Crippen LogP contribution is -2.33. The Morgan fingerprint density at radius 3 is 2.35 bits per heavy atom. The number of carboxylic acid groups (broad SMARTS) is 1. The van der Waals surface area contributed by atoms with Crippen LogP contribution in [0.25, 0.3) is 0 Å². The van der Waals surface area contributed by atoms with Crippen LogP contribution in [0.2, 0.25) is 0 Å². The molecule has 17 heavy (non-hydrogen) atoms. The molecule has 0 spiro atoms. The van der Waals surface area contributed by atoms with E-state index in [0.29, 0.717) is 6.42 Å². The highest BCUT2D eigenvalue weighted by Gasteiger charge is 2.15. The molecule has 0 aliphatic heterocycles. The van der Waals surface area contributed by atoms with Gasteiger partial charge in [-0.15, -0.1) is 0 Å². The number of carboxylic acids is 1. The second-order valence-corrected chi connectivity index (χ2v) is 4.33. The molecule has 0 aliphatic rings. The Hall–Kier alpha value is -1.72. The molecule has 0 rings (SSSR count). The summed E-state index contributed by atoms with van der Waals surface area (Å²) in [5, 5.41) is 11.0. The molecule has 0 fully saturated rings. The summed E-state index contributed by atoms with van der Waals surface area (Å²) < 4.78 is 9.84. The minimum atomic E-state index is -1.08. The lowest BCUT2D eigenvalue weighted by molar-refractivity contribution is -0.131. The highest BCUT2D eigenvalue weighted by molar-refractivity contribution is 5.80. The molecule has 0 heterocycles. The topological polar surface area (TPSA) is 84.9 Å². The minimum Gasteiger partial charge on any atom is -0.501 e. The van der Waals surface area contributed by atoms with Gasteiger partial charge in [0.05, 0.1) is 13.2 Å². The van der Waals surface area contributed by atoms with Gasteiger partial charge in [0.25, 0.3) is 0 Å². The fourth-order valence-electron chi connectivity index (χ4n) is 0.973. The molecular weight excluding hydrogens is 226 g/mol. The average molecular weight is 245 g/mol. The van der Waals surface area contributed by atoms with Crippen molar-refractivity contribution in [3.63, 3.8) is 0 Å². The van der Waals surface area contributed by atoms with Gasteiger partial charge in [-0.3, -0.25) is 0 Å². The Morgan fingerprint density at radius 1 is 1.35 bits per heavy atom. The van der Waals surface area contributed by atoms with Crippen molar-refractivity contribution < 1.29 is 24.2 Å². The molecule has 2 N–H and O–H groups in total. The molecule has 0 aromatic heterocycles. The van der Waals surface area contributed by atoms with Crippen LogP contribution < -0.4 is 5.32 Å². The van der Waals surface area contributed by atoms with Gasteiger partial charge in [-0.1, -0.05) is 0 Å². The maximum Gasteiger partial charge on any atom is 0.407 e. The van der Waals surface area contributed by atoms with Gasteiger partial charge in [-0.05, 0) is 20.8 Å². The molecule has 6 heteroatoms. The lowest BCUT2D eigenvalue weighted by atomic mass is 10.2. The van der Waals surface area contributed by atoms with Gasteiger partial charge in [0.2, 0.25) is 0 Å². The highest BCUT2D eigenvalue weighted by Crippen LogP contribution is 2.06. The molecule has 0 aliphatic carbocycles. The molecule has 0 saturated heterocycles. The molecule has 6 nitrogen and oxygen atoms in total. The van der Waals surface area contributed by atoms with Crippen LogP contribution in [0.5, 0.6) is 0 Å². The zero-order chi connectivity index (χ0) is 13.5. The van der Waals surface area contributed by atoms with Crippen molar-refractivity contribution in [3.8, 4) is 0 Å². The van der Waals surface area contributed by atoms with E-state index in [2.05, 4.69) is 5.32 Å². The number of hydrogen-bond acceptors (Lipinski definition) is 4. The number of methoxy groups -OCH3 is 1. The van der Waals surface area contributed by atoms with Crippen LogP contribution in [0.4, 0.5) is 4.79 Å². The van der Waals surface area contributed by atoms with Gasteiger partial charge in [0, 0.05) is 13.0 Å². The van der Waals surface area contributed by atoms with Crippen molar-refractivity contribution in [2.45, 2.75) is 32.8 Å². The summed E-state index contributed by atoms with van der Waals surface area (Å²) >= 11 is 0. The van der Waals surface area contributed by atoms with Gasteiger partial charge in [-0.2, -0.15) is 0 Å². The van der Waals surface area contributed by atoms with E-state index in [0.717, 1.165) is 6.08 Å². The van der Waals surface area contributed by atoms with Crippen LogP contribution in [0.1, 0.15) is 27.2 Å². The number of carbonyl (C=O) groups excluding carboxylic acids is 1. The van der Waals surface area contributed by atoms with Crippen molar-refractivity contribution in [3.05, 3.63) is 11.8 Å². The molecule has 0 bridgehead atoms. The number of alkyl carbamates (subject to hydrolysis) is 1. The predicted molar refractivity (Wildman–Crippen MR) is 61.6 cm³/mol. The van der Waals surface area contributed by atoms with Gasteiger partial charge in [0.1, 0.15) is 11.4 Å².